The monoisotopic (exact) mass is 214 g/mol. The lowest BCUT2D eigenvalue weighted by Gasteiger charge is -2.06. The lowest BCUT2D eigenvalue weighted by molar-refractivity contribution is 0.473. The van der Waals surface area contributed by atoms with Gasteiger partial charge in [0.15, 0.2) is 0 Å². The van der Waals surface area contributed by atoms with Gasteiger partial charge in [-0.3, -0.25) is 0 Å². The highest BCUT2D eigenvalue weighted by Crippen LogP contribution is 2.20. The lowest BCUT2D eigenvalue weighted by atomic mass is 10.0. The quantitative estimate of drug-likeness (QED) is 0.806. The first-order valence-corrected chi connectivity index (χ1v) is 5.21. The normalized spacial score (nSPS) is 10.3. The Morgan fingerprint density at radius 2 is 1.50 bits per heavy atom. The Bertz CT molecular complexity index is 487. The Balaban J connectivity index is 2.26. The van der Waals surface area contributed by atoms with Crippen LogP contribution in [0, 0.1) is 6.92 Å². The minimum Gasteiger partial charge on any atom is -0.508 e. The van der Waals surface area contributed by atoms with E-state index >= 15 is 0 Å². The van der Waals surface area contributed by atoms with E-state index in [9.17, 15) is 10.2 Å². The van der Waals surface area contributed by atoms with Crippen LogP contribution in [-0.4, -0.2) is 10.2 Å². The lowest BCUT2D eigenvalue weighted by Crippen LogP contribution is -1.91. The Morgan fingerprint density at radius 1 is 0.875 bits per heavy atom. The minimum atomic E-state index is 0.274. The van der Waals surface area contributed by atoms with Gasteiger partial charge in [0.2, 0.25) is 0 Å². The van der Waals surface area contributed by atoms with Crippen molar-refractivity contribution in [1.82, 2.24) is 0 Å². The summed E-state index contributed by atoms with van der Waals surface area (Å²) in [5.41, 5.74) is 3.38. The van der Waals surface area contributed by atoms with Crippen molar-refractivity contribution in [2.24, 2.45) is 0 Å². The third-order valence-electron chi connectivity index (χ3n) is 2.66. The zero-order valence-electron chi connectivity index (χ0n) is 9.14. The van der Waals surface area contributed by atoms with Crippen molar-refractivity contribution in [2.45, 2.75) is 13.3 Å². The maximum Gasteiger partial charge on any atom is 0.115 e. The zero-order valence-corrected chi connectivity index (χ0v) is 9.14. The largest absolute Gasteiger partial charge is 0.508 e. The molecule has 0 amide bonds. The van der Waals surface area contributed by atoms with E-state index < -0.39 is 0 Å². The fourth-order valence-corrected chi connectivity index (χ4v) is 1.68. The van der Waals surface area contributed by atoms with Crippen molar-refractivity contribution in [3.8, 4) is 11.5 Å². The highest BCUT2D eigenvalue weighted by atomic mass is 16.3. The van der Waals surface area contributed by atoms with E-state index in [1.165, 1.54) is 0 Å². The molecule has 0 unspecified atom stereocenters. The van der Waals surface area contributed by atoms with E-state index in [2.05, 4.69) is 0 Å². The second-order valence-electron chi connectivity index (χ2n) is 3.95. The van der Waals surface area contributed by atoms with E-state index in [0.29, 0.717) is 5.75 Å². The molecule has 82 valence electrons. The molecule has 2 N–H and O–H groups in total. The summed E-state index contributed by atoms with van der Waals surface area (Å²) in [7, 11) is 0. The van der Waals surface area contributed by atoms with Gasteiger partial charge in [-0.15, -0.1) is 0 Å². The van der Waals surface area contributed by atoms with E-state index in [-0.39, 0.29) is 5.75 Å². The average Bonchev–Trinajstić information content (AvgIpc) is 2.27. The van der Waals surface area contributed by atoms with Crippen LogP contribution in [-0.2, 0) is 6.42 Å². The predicted octanol–water partition coefficient (Wildman–Crippen LogP) is 3.00. The second kappa shape index (κ2) is 4.27. The first-order valence-electron chi connectivity index (χ1n) is 5.21. The minimum absolute atomic E-state index is 0.274. The van der Waals surface area contributed by atoms with Crippen LogP contribution in [0.3, 0.4) is 0 Å². The zero-order chi connectivity index (χ0) is 11.5. The summed E-state index contributed by atoms with van der Waals surface area (Å²) in [6.45, 7) is 2.02. The molecule has 0 saturated heterocycles. The summed E-state index contributed by atoms with van der Waals surface area (Å²) < 4.78 is 0. The number of hydrogen-bond donors (Lipinski definition) is 2. The predicted molar refractivity (Wildman–Crippen MR) is 63.8 cm³/mol. The Morgan fingerprint density at radius 3 is 2.19 bits per heavy atom. The van der Waals surface area contributed by atoms with Crippen molar-refractivity contribution >= 4 is 0 Å². The van der Waals surface area contributed by atoms with E-state index in [4.69, 9.17) is 0 Å². The SMILES string of the molecule is Cc1ccc(O)cc1Cc1ccc(O)cc1. The molecule has 0 fully saturated rings. The number of hydrogen-bond acceptors (Lipinski definition) is 2. The number of aryl methyl sites for hydroxylation is 1. The van der Waals surface area contributed by atoms with Crippen molar-refractivity contribution in [1.29, 1.82) is 0 Å². The molecular formula is C14H14O2. The summed E-state index contributed by atoms with van der Waals surface area (Å²) in [5.74, 6) is 0.566. The molecule has 2 aromatic carbocycles. The number of aromatic hydroxyl groups is 2. The molecule has 2 heteroatoms. The summed E-state index contributed by atoms with van der Waals surface area (Å²) in [4.78, 5) is 0. The summed E-state index contributed by atoms with van der Waals surface area (Å²) in [5, 5.41) is 18.6. The number of benzene rings is 2. The van der Waals surface area contributed by atoms with Gasteiger partial charge >= 0.3 is 0 Å². The van der Waals surface area contributed by atoms with Crippen LogP contribution in [0.15, 0.2) is 42.5 Å². The van der Waals surface area contributed by atoms with Crippen molar-refractivity contribution in [3.63, 3.8) is 0 Å². The molecule has 0 aromatic heterocycles. The molecule has 0 aliphatic rings. The van der Waals surface area contributed by atoms with Crippen molar-refractivity contribution in [2.75, 3.05) is 0 Å². The third kappa shape index (κ3) is 2.34. The summed E-state index contributed by atoms with van der Waals surface area (Å²) in [6, 6.07) is 12.5. The van der Waals surface area contributed by atoms with Gasteiger partial charge in [-0.1, -0.05) is 18.2 Å². The smallest absolute Gasteiger partial charge is 0.115 e. The molecule has 0 atom stereocenters. The maximum atomic E-state index is 9.42. The molecule has 2 rings (SSSR count). The van der Waals surface area contributed by atoms with Gasteiger partial charge in [0.1, 0.15) is 11.5 Å². The fourth-order valence-electron chi connectivity index (χ4n) is 1.68. The van der Waals surface area contributed by atoms with Crippen LogP contribution in [0.2, 0.25) is 0 Å². The fraction of sp³-hybridized carbons (Fsp3) is 0.143. The van der Waals surface area contributed by atoms with E-state index in [1.807, 2.05) is 25.1 Å². The third-order valence-corrected chi connectivity index (χ3v) is 2.66. The molecule has 16 heavy (non-hydrogen) atoms. The molecule has 0 radical (unpaired) electrons. The van der Waals surface area contributed by atoms with Crippen LogP contribution in [0.5, 0.6) is 11.5 Å². The molecule has 2 aromatic rings. The molecule has 0 heterocycles. The number of phenolic OH excluding ortho intramolecular Hbond substituents is 2. The van der Waals surface area contributed by atoms with Crippen molar-refractivity contribution < 1.29 is 10.2 Å². The molecule has 0 aliphatic carbocycles. The summed E-state index contributed by atoms with van der Waals surface area (Å²) >= 11 is 0. The van der Waals surface area contributed by atoms with Crippen LogP contribution >= 0.6 is 0 Å². The van der Waals surface area contributed by atoms with Gasteiger partial charge in [-0.05, 0) is 54.3 Å². The van der Waals surface area contributed by atoms with E-state index in [1.54, 1.807) is 24.3 Å². The first kappa shape index (κ1) is 10.6. The van der Waals surface area contributed by atoms with Crippen LogP contribution in [0.4, 0.5) is 0 Å². The Hall–Kier alpha value is -1.96. The second-order valence-corrected chi connectivity index (χ2v) is 3.95. The first-order chi connectivity index (χ1) is 7.65. The van der Waals surface area contributed by atoms with Crippen LogP contribution in [0.1, 0.15) is 16.7 Å². The Kier molecular flexibility index (Phi) is 2.82. The molecule has 2 nitrogen and oxygen atoms in total. The maximum absolute atomic E-state index is 9.42. The van der Waals surface area contributed by atoms with Crippen molar-refractivity contribution in [3.05, 3.63) is 59.2 Å². The standard InChI is InChI=1S/C14H14O2/c1-10-2-5-14(16)9-12(10)8-11-3-6-13(15)7-4-11/h2-7,9,15-16H,8H2,1H3. The van der Waals surface area contributed by atoms with Gasteiger partial charge in [-0.2, -0.15) is 0 Å². The summed E-state index contributed by atoms with van der Waals surface area (Å²) in [6.07, 6.45) is 0.764. The Labute approximate surface area is 94.8 Å². The van der Waals surface area contributed by atoms with Gasteiger partial charge in [-0.25, -0.2) is 0 Å². The number of phenols is 2. The van der Waals surface area contributed by atoms with Gasteiger partial charge in [0.05, 0.1) is 0 Å². The highest BCUT2D eigenvalue weighted by Gasteiger charge is 2.01. The van der Waals surface area contributed by atoms with E-state index in [0.717, 1.165) is 23.1 Å². The topological polar surface area (TPSA) is 40.5 Å². The average molecular weight is 214 g/mol. The van der Waals surface area contributed by atoms with Gasteiger partial charge < -0.3 is 10.2 Å². The molecular weight excluding hydrogens is 200 g/mol. The number of rotatable bonds is 2. The van der Waals surface area contributed by atoms with Gasteiger partial charge in [0.25, 0.3) is 0 Å². The molecule has 0 saturated carbocycles. The molecule has 0 spiro atoms. The molecule has 0 bridgehead atoms. The van der Waals surface area contributed by atoms with Gasteiger partial charge in [0, 0.05) is 0 Å². The molecule has 0 aliphatic heterocycles. The van der Waals surface area contributed by atoms with Crippen LogP contribution in [0.25, 0.3) is 0 Å². The van der Waals surface area contributed by atoms with Crippen LogP contribution < -0.4 is 0 Å². The highest BCUT2D eigenvalue weighted by molar-refractivity contribution is 5.38.